The number of carbonyl (C=O) groups is 2. The Bertz CT molecular complexity index is 647. The van der Waals surface area contributed by atoms with Crippen LogP contribution in [0.25, 0.3) is 0 Å². The van der Waals surface area contributed by atoms with Crippen molar-refractivity contribution < 1.29 is 19.4 Å². The number of ketones is 1. The van der Waals surface area contributed by atoms with E-state index in [4.69, 9.17) is 4.74 Å². The number of aliphatic hydroxyl groups is 1. The first-order valence-electron chi connectivity index (χ1n) is 10.1. The van der Waals surface area contributed by atoms with Crippen LogP contribution in [0.2, 0.25) is 0 Å². The number of hydrogen-bond acceptors (Lipinski definition) is 4. The van der Waals surface area contributed by atoms with E-state index >= 15 is 0 Å². The number of rotatable bonds is 1. The average Bonchev–Trinajstić information content (AvgIpc) is 2.61. The molecule has 1 heterocycles. The van der Waals surface area contributed by atoms with Gasteiger partial charge in [0.15, 0.2) is 5.78 Å². The van der Waals surface area contributed by atoms with Gasteiger partial charge in [-0.3, -0.25) is 9.59 Å². The van der Waals surface area contributed by atoms with Gasteiger partial charge in [-0.2, -0.15) is 0 Å². The van der Waals surface area contributed by atoms with Crippen molar-refractivity contribution in [1.82, 2.24) is 0 Å². The number of esters is 1. The Kier molecular flexibility index (Phi) is 8.29. The lowest BCUT2D eigenvalue weighted by Gasteiger charge is -2.33. The van der Waals surface area contributed by atoms with Crippen molar-refractivity contribution in [1.29, 1.82) is 0 Å². The summed E-state index contributed by atoms with van der Waals surface area (Å²) in [5.74, 6) is -1.43. The zero-order chi connectivity index (χ0) is 20.9. The molecule has 0 amide bonds. The molecule has 0 radical (unpaired) electrons. The first-order chi connectivity index (χ1) is 12.4. The molecule has 0 unspecified atom stereocenters. The third-order valence-electron chi connectivity index (χ3n) is 6.24. The van der Waals surface area contributed by atoms with Crippen LogP contribution in [0.5, 0.6) is 0 Å². The van der Waals surface area contributed by atoms with Gasteiger partial charge in [0.05, 0.1) is 5.92 Å². The monoisotopic (exact) mass is 376 g/mol. The highest BCUT2D eigenvalue weighted by atomic mass is 16.5. The van der Waals surface area contributed by atoms with Gasteiger partial charge < -0.3 is 9.84 Å². The van der Waals surface area contributed by atoms with E-state index in [1.807, 2.05) is 40.7 Å². The lowest BCUT2D eigenvalue weighted by atomic mass is 9.74. The smallest absolute Gasteiger partial charge is 0.309 e. The predicted molar refractivity (Wildman–Crippen MR) is 107 cm³/mol. The lowest BCUT2D eigenvalue weighted by Crippen LogP contribution is -2.44. The van der Waals surface area contributed by atoms with Gasteiger partial charge in [-0.25, -0.2) is 0 Å². The molecule has 0 bridgehead atoms. The number of hydrogen-bond donors (Lipinski definition) is 1. The van der Waals surface area contributed by atoms with Crippen molar-refractivity contribution in [2.75, 3.05) is 0 Å². The highest BCUT2D eigenvalue weighted by Gasteiger charge is 2.40. The normalized spacial score (nSPS) is 39.4. The Morgan fingerprint density at radius 2 is 1.78 bits per heavy atom. The summed E-state index contributed by atoms with van der Waals surface area (Å²) >= 11 is 0. The summed E-state index contributed by atoms with van der Waals surface area (Å²) in [4.78, 5) is 25.6. The maximum absolute atomic E-state index is 12.9. The number of cyclic esters (lactones) is 1. The summed E-state index contributed by atoms with van der Waals surface area (Å²) in [6.45, 7) is 15.0. The molecular weight excluding hydrogens is 340 g/mol. The van der Waals surface area contributed by atoms with Crippen LogP contribution in [0.1, 0.15) is 68.2 Å². The van der Waals surface area contributed by atoms with E-state index in [-0.39, 0.29) is 35.6 Å². The molecule has 4 nitrogen and oxygen atoms in total. The molecule has 7 atom stereocenters. The summed E-state index contributed by atoms with van der Waals surface area (Å²) in [6, 6.07) is 0. The van der Waals surface area contributed by atoms with Gasteiger partial charge in [0.25, 0.3) is 0 Å². The molecule has 0 aliphatic carbocycles. The van der Waals surface area contributed by atoms with Gasteiger partial charge >= 0.3 is 5.97 Å². The van der Waals surface area contributed by atoms with Crippen molar-refractivity contribution in [3.63, 3.8) is 0 Å². The Labute approximate surface area is 164 Å². The van der Waals surface area contributed by atoms with Crippen molar-refractivity contribution in [3.8, 4) is 0 Å². The van der Waals surface area contributed by atoms with E-state index in [2.05, 4.69) is 11.5 Å². The Morgan fingerprint density at radius 1 is 1.19 bits per heavy atom. The fraction of sp³-hybridized carbons (Fsp3) is 0.739. The number of Topliss-reactive ketones (excluding diaryl/α,β-unsaturated/α-hetero) is 1. The Balaban J connectivity index is 3.38. The number of carbonyl (C=O) groups excluding carboxylic acids is 2. The van der Waals surface area contributed by atoms with E-state index in [1.165, 1.54) is 0 Å². The van der Waals surface area contributed by atoms with E-state index in [0.29, 0.717) is 12.8 Å². The molecule has 152 valence electrons. The molecule has 0 aromatic heterocycles. The second-order valence-electron chi connectivity index (χ2n) is 8.57. The van der Waals surface area contributed by atoms with Gasteiger partial charge in [-0.15, -0.1) is 0 Å². The maximum Gasteiger partial charge on any atom is 0.309 e. The standard InChI is InChI=1S/C23H36O4/c1-9-20-15(3)12-10-11-14(2)16(4)13-23(8,26)21(24)18(6)17(5)19(7)22(25)27-20/h11,14,16-20,26H,9,13H2,1-8H3/t14-,16-,17-,18-,19-,20-,23-/m1/s1. The largest absolute Gasteiger partial charge is 0.457 e. The average molecular weight is 377 g/mol. The van der Waals surface area contributed by atoms with Crippen molar-refractivity contribution in [2.24, 2.45) is 29.6 Å². The minimum absolute atomic E-state index is 0.100. The Morgan fingerprint density at radius 3 is 2.33 bits per heavy atom. The lowest BCUT2D eigenvalue weighted by molar-refractivity contribution is -0.156. The quantitative estimate of drug-likeness (QED) is 0.542. The van der Waals surface area contributed by atoms with Crippen LogP contribution in [0, 0.1) is 29.6 Å². The van der Waals surface area contributed by atoms with Crippen LogP contribution in [-0.4, -0.2) is 28.6 Å². The SMILES string of the molecule is CC[C@H]1OC(=O)[C@H](C)[C@H](C)[C@@H](C)C(=O)[C@](C)(O)C[C@@H](C)[C@H](C)C=C=C=C1C. The molecule has 0 saturated carbocycles. The third-order valence-corrected chi connectivity index (χ3v) is 6.24. The molecule has 0 aromatic carbocycles. The summed E-state index contributed by atoms with van der Waals surface area (Å²) in [5.41, 5.74) is 5.55. The molecule has 0 aromatic rings. The molecule has 1 aliphatic heterocycles. The summed E-state index contributed by atoms with van der Waals surface area (Å²) in [7, 11) is 0. The van der Waals surface area contributed by atoms with Crippen LogP contribution in [0.3, 0.4) is 0 Å². The molecule has 1 rings (SSSR count). The zero-order valence-corrected chi connectivity index (χ0v) is 18.1. The van der Waals surface area contributed by atoms with Crippen molar-refractivity contribution in [3.05, 3.63) is 23.1 Å². The van der Waals surface area contributed by atoms with Gasteiger partial charge in [-0.05, 0) is 50.5 Å². The second-order valence-corrected chi connectivity index (χ2v) is 8.57. The summed E-state index contributed by atoms with van der Waals surface area (Å²) < 4.78 is 5.69. The van der Waals surface area contributed by atoms with Crippen LogP contribution < -0.4 is 0 Å². The number of allylic oxidation sites excluding steroid dienone is 1. The van der Waals surface area contributed by atoms with Crippen LogP contribution >= 0.6 is 0 Å². The van der Waals surface area contributed by atoms with E-state index < -0.39 is 17.4 Å². The van der Waals surface area contributed by atoms with E-state index in [9.17, 15) is 14.7 Å². The molecule has 27 heavy (non-hydrogen) atoms. The van der Waals surface area contributed by atoms with E-state index in [0.717, 1.165) is 5.57 Å². The molecular formula is C23H36O4. The Hall–Kier alpha value is -1.60. The highest BCUT2D eigenvalue weighted by molar-refractivity contribution is 5.89. The van der Waals surface area contributed by atoms with Crippen molar-refractivity contribution >= 4 is 11.8 Å². The molecule has 1 aliphatic rings. The third kappa shape index (κ3) is 5.94. The maximum atomic E-state index is 12.9. The van der Waals surface area contributed by atoms with Gasteiger partial charge in [-0.1, -0.05) is 53.0 Å². The van der Waals surface area contributed by atoms with Gasteiger partial charge in [0, 0.05) is 11.5 Å². The highest BCUT2D eigenvalue weighted by Crippen LogP contribution is 2.31. The fourth-order valence-electron chi connectivity index (χ4n) is 3.55. The minimum atomic E-state index is -1.43. The zero-order valence-electron chi connectivity index (χ0n) is 18.1. The minimum Gasteiger partial charge on any atom is -0.457 e. The van der Waals surface area contributed by atoms with Gasteiger partial charge in [0.2, 0.25) is 0 Å². The topological polar surface area (TPSA) is 63.6 Å². The van der Waals surface area contributed by atoms with E-state index in [1.54, 1.807) is 20.8 Å². The molecule has 0 fully saturated rings. The first-order valence-corrected chi connectivity index (χ1v) is 10.1. The van der Waals surface area contributed by atoms with Gasteiger partial charge in [0.1, 0.15) is 11.7 Å². The molecule has 4 heteroatoms. The summed E-state index contributed by atoms with van der Waals surface area (Å²) in [6.07, 6.45) is 2.57. The van der Waals surface area contributed by atoms with Crippen LogP contribution in [0.15, 0.2) is 23.1 Å². The van der Waals surface area contributed by atoms with Crippen LogP contribution in [-0.2, 0) is 14.3 Å². The molecule has 0 spiro atoms. The molecule has 0 saturated heterocycles. The summed E-state index contributed by atoms with van der Waals surface area (Å²) in [5, 5.41) is 10.8. The predicted octanol–water partition coefficient (Wildman–Crippen LogP) is 4.47. The second kappa shape index (κ2) is 9.55. The molecule has 1 N–H and O–H groups in total. The first kappa shape index (κ1) is 23.4. The fourth-order valence-corrected chi connectivity index (χ4v) is 3.55. The van der Waals surface area contributed by atoms with Crippen LogP contribution in [0.4, 0.5) is 0 Å². The van der Waals surface area contributed by atoms with Crippen molar-refractivity contribution in [2.45, 2.75) is 79.9 Å². The number of ether oxygens (including phenoxy) is 1.